The van der Waals surface area contributed by atoms with Gasteiger partial charge < -0.3 is 5.11 Å². The van der Waals surface area contributed by atoms with Crippen molar-refractivity contribution >= 4 is 5.91 Å². The lowest BCUT2D eigenvalue weighted by Crippen LogP contribution is -2.23. The van der Waals surface area contributed by atoms with E-state index in [-0.39, 0.29) is 17.9 Å². The molecule has 2 aromatic rings. The number of carbonyl (C=O) groups excluding carboxylic acids is 1. The van der Waals surface area contributed by atoms with Gasteiger partial charge in [0, 0.05) is 0 Å². The molecule has 4 heteroatoms. The van der Waals surface area contributed by atoms with Gasteiger partial charge in [-0.15, -0.1) is 0 Å². The van der Waals surface area contributed by atoms with Gasteiger partial charge in [-0.05, 0) is 30.2 Å². The number of amides is 1. The number of hydrogen-bond donors (Lipinski definition) is 2. The third-order valence-corrected chi connectivity index (χ3v) is 2.64. The molecule has 0 atom stereocenters. The van der Waals surface area contributed by atoms with Crippen LogP contribution in [-0.4, -0.2) is 11.0 Å². The van der Waals surface area contributed by atoms with Gasteiger partial charge in [-0.3, -0.25) is 9.63 Å². The fourth-order valence-electron chi connectivity index (χ4n) is 1.65. The van der Waals surface area contributed by atoms with Crippen molar-refractivity contribution in [1.82, 2.24) is 5.48 Å². The highest BCUT2D eigenvalue weighted by Crippen LogP contribution is 2.18. The quantitative estimate of drug-likeness (QED) is 0.828. The summed E-state index contributed by atoms with van der Waals surface area (Å²) >= 11 is 0. The van der Waals surface area contributed by atoms with Crippen molar-refractivity contribution < 1.29 is 14.7 Å². The minimum atomic E-state index is -0.464. The van der Waals surface area contributed by atoms with Crippen LogP contribution in [0.25, 0.3) is 0 Å². The van der Waals surface area contributed by atoms with Crippen molar-refractivity contribution in [1.29, 1.82) is 0 Å². The normalized spacial score (nSPS) is 10.2. The lowest BCUT2D eigenvalue weighted by atomic mass is 10.1. The van der Waals surface area contributed by atoms with Crippen LogP contribution in [0.1, 0.15) is 21.5 Å². The minimum absolute atomic E-state index is 0.0548. The molecule has 0 radical (unpaired) electrons. The van der Waals surface area contributed by atoms with Gasteiger partial charge in [0.2, 0.25) is 0 Å². The number of benzene rings is 2. The van der Waals surface area contributed by atoms with Gasteiger partial charge in [0.05, 0.1) is 12.2 Å². The molecule has 0 heterocycles. The van der Waals surface area contributed by atoms with E-state index in [1.807, 2.05) is 37.3 Å². The highest BCUT2D eigenvalue weighted by Gasteiger charge is 2.10. The maximum Gasteiger partial charge on any atom is 0.278 e. The Morgan fingerprint density at radius 2 is 1.95 bits per heavy atom. The van der Waals surface area contributed by atoms with E-state index in [4.69, 9.17) is 4.84 Å². The summed E-state index contributed by atoms with van der Waals surface area (Å²) in [4.78, 5) is 16.9. The van der Waals surface area contributed by atoms with E-state index >= 15 is 0 Å². The van der Waals surface area contributed by atoms with Crippen LogP contribution >= 0.6 is 0 Å². The molecule has 19 heavy (non-hydrogen) atoms. The van der Waals surface area contributed by atoms with E-state index in [0.29, 0.717) is 0 Å². The lowest BCUT2D eigenvalue weighted by molar-refractivity contribution is 0.0231. The molecule has 4 nitrogen and oxygen atoms in total. The molecule has 0 aromatic heterocycles. The topological polar surface area (TPSA) is 58.6 Å². The number of nitrogens with one attached hydrogen (secondary N) is 1. The largest absolute Gasteiger partial charge is 0.507 e. The fraction of sp³-hybridized carbons (Fsp3) is 0.133. The first-order chi connectivity index (χ1) is 9.16. The van der Waals surface area contributed by atoms with Crippen LogP contribution in [0.5, 0.6) is 5.75 Å². The van der Waals surface area contributed by atoms with Crippen molar-refractivity contribution in [2.24, 2.45) is 0 Å². The van der Waals surface area contributed by atoms with Crippen LogP contribution in [-0.2, 0) is 11.4 Å². The van der Waals surface area contributed by atoms with Gasteiger partial charge in [-0.25, -0.2) is 5.48 Å². The fourth-order valence-corrected chi connectivity index (χ4v) is 1.65. The van der Waals surface area contributed by atoms with Crippen molar-refractivity contribution in [3.05, 3.63) is 65.2 Å². The summed E-state index contributed by atoms with van der Waals surface area (Å²) in [6.07, 6.45) is 0. The average Bonchev–Trinajstić information content (AvgIpc) is 2.39. The molecule has 0 bridgehead atoms. The molecule has 0 spiro atoms. The summed E-state index contributed by atoms with van der Waals surface area (Å²) in [6.45, 7) is 2.12. The Morgan fingerprint density at radius 3 is 2.63 bits per heavy atom. The molecular formula is C15H15NO3. The average molecular weight is 257 g/mol. The van der Waals surface area contributed by atoms with Gasteiger partial charge in [0.25, 0.3) is 5.91 Å². The van der Waals surface area contributed by atoms with Crippen molar-refractivity contribution in [3.63, 3.8) is 0 Å². The van der Waals surface area contributed by atoms with Crippen LogP contribution in [0.2, 0.25) is 0 Å². The molecule has 0 saturated heterocycles. The van der Waals surface area contributed by atoms with Crippen LogP contribution in [0.3, 0.4) is 0 Å². The minimum Gasteiger partial charge on any atom is -0.507 e. The summed E-state index contributed by atoms with van der Waals surface area (Å²) in [6, 6.07) is 14.3. The number of aromatic hydroxyl groups is 1. The zero-order valence-corrected chi connectivity index (χ0v) is 10.6. The standard InChI is InChI=1S/C15H15NO3/c1-11-7-8-13(14(17)9-11)15(18)16-19-10-12-5-3-2-4-6-12/h2-9,17H,10H2,1H3,(H,16,18). The number of rotatable bonds is 4. The highest BCUT2D eigenvalue weighted by molar-refractivity contribution is 5.96. The number of hydrogen-bond acceptors (Lipinski definition) is 3. The predicted octanol–water partition coefficient (Wildman–Crippen LogP) is 2.56. The van der Waals surface area contributed by atoms with Gasteiger partial charge in [0.1, 0.15) is 5.75 Å². The van der Waals surface area contributed by atoms with E-state index in [2.05, 4.69) is 5.48 Å². The Balaban J connectivity index is 1.91. The highest BCUT2D eigenvalue weighted by atomic mass is 16.6. The number of carbonyl (C=O) groups is 1. The van der Waals surface area contributed by atoms with Gasteiger partial charge >= 0.3 is 0 Å². The summed E-state index contributed by atoms with van der Waals surface area (Å²) in [5.74, 6) is -0.519. The summed E-state index contributed by atoms with van der Waals surface area (Å²) < 4.78 is 0. The first kappa shape index (κ1) is 13.1. The van der Waals surface area contributed by atoms with Gasteiger partial charge in [-0.2, -0.15) is 0 Å². The smallest absolute Gasteiger partial charge is 0.278 e. The second-order valence-electron chi connectivity index (χ2n) is 4.23. The molecule has 0 aliphatic heterocycles. The molecule has 0 unspecified atom stereocenters. The van der Waals surface area contributed by atoms with E-state index in [1.54, 1.807) is 12.1 Å². The molecule has 2 rings (SSSR count). The maximum absolute atomic E-state index is 11.8. The predicted molar refractivity (Wildman–Crippen MR) is 71.5 cm³/mol. The van der Waals surface area contributed by atoms with E-state index in [1.165, 1.54) is 6.07 Å². The number of phenols is 1. The van der Waals surface area contributed by atoms with Crippen molar-refractivity contribution in [2.75, 3.05) is 0 Å². The molecule has 0 saturated carbocycles. The van der Waals surface area contributed by atoms with Gasteiger partial charge in [-0.1, -0.05) is 36.4 Å². The lowest BCUT2D eigenvalue weighted by Gasteiger charge is -2.07. The zero-order chi connectivity index (χ0) is 13.7. The van der Waals surface area contributed by atoms with Crippen LogP contribution < -0.4 is 5.48 Å². The molecule has 98 valence electrons. The van der Waals surface area contributed by atoms with Crippen molar-refractivity contribution in [2.45, 2.75) is 13.5 Å². The first-order valence-electron chi connectivity index (χ1n) is 5.92. The second kappa shape index (κ2) is 6.02. The molecule has 1 amide bonds. The summed E-state index contributed by atoms with van der Waals surface area (Å²) in [7, 11) is 0. The van der Waals surface area contributed by atoms with Crippen LogP contribution in [0.4, 0.5) is 0 Å². The third kappa shape index (κ3) is 3.56. The molecule has 0 fully saturated rings. The monoisotopic (exact) mass is 257 g/mol. The first-order valence-corrected chi connectivity index (χ1v) is 5.92. The summed E-state index contributed by atoms with van der Waals surface area (Å²) in [5.41, 5.74) is 4.34. The van der Waals surface area contributed by atoms with E-state index < -0.39 is 5.91 Å². The third-order valence-electron chi connectivity index (χ3n) is 2.64. The summed E-state index contributed by atoms with van der Waals surface area (Å²) in [5, 5.41) is 9.66. The number of hydroxylamine groups is 1. The Bertz CT molecular complexity index is 567. The molecule has 0 aliphatic carbocycles. The van der Waals surface area contributed by atoms with Gasteiger partial charge in [0.15, 0.2) is 0 Å². The van der Waals surface area contributed by atoms with Crippen molar-refractivity contribution in [3.8, 4) is 5.75 Å². The SMILES string of the molecule is Cc1ccc(C(=O)NOCc2ccccc2)c(O)c1. The van der Waals surface area contributed by atoms with E-state index in [9.17, 15) is 9.90 Å². The maximum atomic E-state index is 11.8. The Morgan fingerprint density at radius 1 is 1.21 bits per heavy atom. The Hall–Kier alpha value is -2.33. The number of aryl methyl sites for hydroxylation is 1. The zero-order valence-electron chi connectivity index (χ0n) is 10.6. The second-order valence-corrected chi connectivity index (χ2v) is 4.23. The Labute approximate surface area is 111 Å². The van der Waals surface area contributed by atoms with Crippen LogP contribution in [0.15, 0.2) is 48.5 Å². The number of phenolic OH excluding ortho intramolecular Hbond substituents is 1. The molecule has 0 aliphatic rings. The van der Waals surface area contributed by atoms with Crippen LogP contribution in [0, 0.1) is 6.92 Å². The molecule has 2 aromatic carbocycles. The Kier molecular flexibility index (Phi) is 4.15. The molecule has 2 N–H and O–H groups in total. The molecular weight excluding hydrogens is 242 g/mol. The van der Waals surface area contributed by atoms with E-state index in [0.717, 1.165) is 11.1 Å².